The van der Waals surface area contributed by atoms with Crippen molar-refractivity contribution >= 4 is 16.9 Å². The third kappa shape index (κ3) is 2.55. The molecule has 102 valence electrons. The average Bonchev–Trinajstić information content (AvgIpc) is 3.10. The normalized spacial score (nSPS) is 36.6. The van der Waals surface area contributed by atoms with Gasteiger partial charge in [-0.25, -0.2) is 0 Å². The van der Waals surface area contributed by atoms with Gasteiger partial charge < -0.3 is 10.1 Å². The molecule has 4 heteroatoms. The second kappa shape index (κ2) is 5.41. The third-order valence-electron chi connectivity index (χ3n) is 4.64. The predicted molar refractivity (Wildman–Crippen MR) is 77.2 cm³/mol. The standard InChI is InChI=1S/C14H24N2OS/c1-2-12-11(5-8-17-12)9-15-13-16-14(10-18-13)6-3-4-7-14/h11-12H,2-10H2,1H3,(H,15,16). The second-order valence-corrected chi connectivity index (χ2v) is 6.88. The Morgan fingerprint density at radius 2 is 2.28 bits per heavy atom. The van der Waals surface area contributed by atoms with Crippen molar-refractivity contribution in [1.82, 2.24) is 5.32 Å². The molecule has 0 aromatic carbocycles. The number of thioether (sulfide) groups is 1. The molecule has 2 aliphatic heterocycles. The maximum atomic E-state index is 5.73. The summed E-state index contributed by atoms with van der Waals surface area (Å²) >= 11 is 1.93. The molecule has 18 heavy (non-hydrogen) atoms. The molecular weight excluding hydrogens is 244 g/mol. The zero-order valence-electron chi connectivity index (χ0n) is 11.3. The van der Waals surface area contributed by atoms with E-state index in [0.717, 1.165) is 19.6 Å². The van der Waals surface area contributed by atoms with Gasteiger partial charge in [-0.15, -0.1) is 0 Å². The summed E-state index contributed by atoms with van der Waals surface area (Å²) in [5.41, 5.74) is 0.403. The fourth-order valence-electron chi connectivity index (χ4n) is 3.46. The van der Waals surface area contributed by atoms with E-state index in [2.05, 4.69) is 12.2 Å². The van der Waals surface area contributed by atoms with E-state index in [1.54, 1.807) is 0 Å². The molecule has 3 rings (SSSR count). The van der Waals surface area contributed by atoms with Crippen molar-refractivity contribution in [3.8, 4) is 0 Å². The molecule has 0 radical (unpaired) electrons. The van der Waals surface area contributed by atoms with Crippen molar-refractivity contribution in [1.29, 1.82) is 0 Å². The highest BCUT2D eigenvalue weighted by atomic mass is 32.2. The van der Waals surface area contributed by atoms with Crippen molar-refractivity contribution in [2.75, 3.05) is 18.9 Å². The first kappa shape index (κ1) is 12.8. The summed E-state index contributed by atoms with van der Waals surface area (Å²) in [5.74, 6) is 1.87. The van der Waals surface area contributed by atoms with Crippen LogP contribution in [-0.4, -0.2) is 35.7 Å². The summed E-state index contributed by atoms with van der Waals surface area (Å²) in [6, 6.07) is 0. The number of hydrogen-bond acceptors (Lipinski definition) is 3. The summed E-state index contributed by atoms with van der Waals surface area (Å²) in [7, 11) is 0. The van der Waals surface area contributed by atoms with E-state index in [4.69, 9.17) is 9.73 Å². The van der Waals surface area contributed by atoms with Gasteiger partial charge in [0.05, 0.1) is 6.10 Å². The molecule has 2 saturated heterocycles. The Bertz CT molecular complexity index is 326. The number of nitrogens with zero attached hydrogens (tertiary/aromatic N) is 1. The van der Waals surface area contributed by atoms with Gasteiger partial charge in [0.1, 0.15) is 0 Å². The van der Waals surface area contributed by atoms with Crippen LogP contribution in [0, 0.1) is 5.92 Å². The lowest BCUT2D eigenvalue weighted by molar-refractivity contribution is 0.0893. The van der Waals surface area contributed by atoms with Crippen LogP contribution in [0.15, 0.2) is 4.99 Å². The fourth-order valence-corrected chi connectivity index (χ4v) is 4.69. The molecule has 0 aromatic heterocycles. The van der Waals surface area contributed by atoms with Gasteiger partial charge >= 0.3 is 0 Å². The van der Waals surface area contributed by atoms with Crippen molar-refractivity contribution in [2.24, 2.45) is 10.9 Å². The van der Waals surface area contributed by atoms with Gasteiger partial charge in [-0.2, -0.15) is 0 Å². The molecule has 0 aromatic rings. The van der Waals surface area contributed by atoms with Crippen LogP contribution in [0.1, 0.15) is 45.4 Å². The van der Waals surface area contributed by atoms with E-state index in [9.17, 15) is 0 Å². The minimum absolute atomic E-state index is 0.403. The van der Waals surface area contributed by atoms with Crippen LogP contribution in [-0.2, 0) is 4.74 Å². The van der Waals surface area contributed by atoms with Crippen LogP contribution < -0.4 is 5.32 Å². The largest absolute Gasteiger partial charge is 0.378 e. The Kier molecular flexibility index (Phi) is 3.85. The van der Waals surface area contributed by atoms with E-state index in [-0.39, 0.29) is 0 Å². The van der Waals surface area contributed by atoms with Crippen molar-refractivity contribution in [2.45, 2.75) is 57.1 Å². The second-order valence-electron chi connectivity index (χ2n) is 5.91. The maximum absolute atomic E-state index is 5.73. The van der Waals surface area contributed by atoms with E-state index in [1.165, 1.54) is 43.0 Å². The minimum atomic E-state index is 0.403. The average molecular weight is 268 g/mol. The zero-order chi connectivity index (χ0) is 12.4. The Labute approximate surface area is 114 Å². The molecule has 3 aliphatic rings. The number of amidine groups is 1. The number of hydrogen-bond donors (Lipinski definition) is 1. The Morgan fingerprint density at radius 3 is 3.06 bits per heavy atom. The highest BCUT2D eigenvalue weighted by Crippen LogP contribution is 2.37. The van der Waals surface area contributed by atoms with Crippen LogP contribution in [0.5, 0.6) is 0 Å². The fraction of sp³-hybridized carbons (Fsp3) is 0.929. The maximum Gasteiger partial charge on any atom is 0.157 e. The van der Waals surface area contributed by atoms with Crippen LogP contribution >= 0.6 is 11.8 Å². The first-order valence-electron chi connectivity index (χ1n) is 7.38. The first-order valence-corrected chi connectivity index (χ1v) is 8.37. The molecule has 2 heterocycles. The van der Waals surface area contributed by atoms with Crippen LogP contribution in [0.25, 0.3) is 0 Å². The lowest BCUT2D eigenvalue weighted by Crippen LogP contribution is -2.40. The van der Waals surface area contributed by atoms with E-state index < -0.39 is 0 Å². The van der Waals surface area contributed by atoms with E-state index in [0.29, 0.717) is 17.6 Å². The van der Waals surface area contributed by atoms with Crippen molar-refractivity contribution in [3.63, 3.8) is 0 Å². The van der Waals surface area contributed by atoms with Gasteiger partial charge in [-0.05, 0) is 25.7 Å². The highest BCUT2D eigenvalue weighted by molar-refractivity contribution is 8.14. The van der Waals surface area contributed by atoms with Gasteiger partial charge in [0.25, 0.3) is 0 Å². The molecule has 2 unspecified atom stereocenters. The monoisotopic (exact) mass is 268 g/mol. The molecular formula is C14H24N2OS. The smallest absolute Gasteiger partial charge is 0.157 e. The Balaban J connectivity index is 1.54. The van der Waals surface area contributed by atoms with Gasteiger partial charge in [0.2, 0.25) is 0 Å². The molecule has 1 saturated carbocycles. The predicted octanol–water partition coefficient (Wildman–Crippen LogP) is 2.81. The number of nitrogens with one attached hydrogen (secondary N) is 1. The topological polar surface area (TPSA) is 33.6 Å². The molecule has 1 spiro atoms. The van der Waals surface area contributed by atoms with Gasteiger partial charge in [-0.1, -0.05) is 31.5 Å². The van der Waals surface area contributed by atoms with Crippen molar-refractivity contribution < 1.29 is 4.74 Å². The van der Waals surface area contributed by atoms with Crippen LogP contribution in [0.4, 0.5) is 0 Å². The van der Waals surface area contributed by atoms with Gasteiger partial charge in [0.15, 0.2) is 5.17 Å². The molecule has 0 amide bonds. The summed E-state index contributed by atoms with van der Waals surface area (Å²) < 4.78 is 5.73. The van der Waals surface area contributed by atoms with Crippen LogP contribution in [0.2, 0.25) is 0 Å². The molecule has 3 fully saturated rings. The lowest BCUT2D eigenvalue weighted by Gasteiger charge is -2.22. The van der Waals surface area contributed by atoms with E-state index >= 15 is 0 Å². The summed E-state index contributed by atoms with van der Waals surface area (Å²) in [4.78, 5) is 4.81. The number of rotatable bonds is 3. The van der Waals surface area contributed by atoms with Gasteiger partial charge in [-0.3, -0.25) is 4.99 Å². The third-order valence-corrected chi connectivity index (χ3v) is 5.84. The molecule has 1 aliphatic carbocycles. The summed E-state index contributed by atoms with van der Waals surface area (Å²) in [6.45, 7) is 4.09. The van der Waals surface area contributed by atoms with Crippen LogP contribution in [0.3, 0.4) is 0 Å². The molecule has 0 bridgehead atoms. The lowest BCUT2D eigenvalue weighted by atomic mass is 10.00. The van der Waals surface area contributed by atoms with Crippen molar-refractivity contribution in [3.05, 3.63) is 0 Å². The zero-order valence-corrected chi connectivity index (χ0v) is 12.1. The summed E-state index contributed by atoms with van der Waals surface area (Å²) in [5, 5.41) is 4.89. The molecule has 1 N–H and O–H groups in total. The number of aliphatic imine (C=N–C) groups is 1. The first-order chi connectivity index (χ1) is 8.81. The highest BCUT2D eigenvalue weighted by Gasteiger charge is 2.39. The molecule has 3 nitrogen and oxygen atoms in total. The quantitative estimate of drug-likeness (QED) is 0.854. The minimum Gasteiger partial charge on any atom is -0.378 e. The Hall–Kier alpha value is -0.220. The van der Waals surface area contributed by atoms with E-state index in [1.807, 2.05) is 11.8 Å². The summed E-state index contributed by atoms with van der Waals surface area (Å²) in [6.07, 6.45) is 8.20. The number of ether oxygens (including phenoxy) is 1. The molecule has 2 atom stereocenters. The SMILES string of the molecule is CCC1OCCC1CN=C1NC2(CCCC2)CS1. The Morgan fingerprint density at radius 1 is 1.44 bits per heavy atom. The van der Waals surface area contributed by atoms with Gasteiger partial charge in [0, 0.05) is 30.4 Å².